The fourth-order valence-electron chi connectivity index (χ4n) is 2.48. The van der Waals surface area contributed by atoms with Crippen molar-refractivity contribution < 1.29 is 0 Å². The maximum Gasteiger partial charge on any atom is 0.166 e. The van der Waals surface area contributed by atoms with Gasteiger partial charge in [0.1, 0.15) is 0 Å². The molecule has 0 aliphatic heterocycles. The van der Waals surface area contributed by atoms with Crippen molar-refractivity contribution >= 4 is 17.3 Å². The van der Waals surface area contributed by atoms with E-state index in [0.717, 1.165) is 17.2 Å². The Bertz CT molecular complexity index is 403. The molecule has 18 heavy (non-hydrogen) atoms. The first kappa shape index (κ1) is 13.3. The highest BCUT2D eigenvalue weighted by Gasteiger charge is 2.30. The van der Waals surface area contributed by atoms with E-state index >= 15 is 0 Å². The smallest absolute Gasteiger partial charge is 0.166 e. The Morgan fingerprint density at radius 2 is 2.39 bits per heavy atom. The molecule has 1 atom stereocenters. The van der Waals surface area contributed by atoms with Gasteiger partial charge < -0.3 is 10.6 Å². The first-order valence-electron chi connectivity index (χ1n) is 6.48. The summed E-state index contributed by atoms with van der Waals surface area (Å²) in [7, 11) is 0. The number of thiocarbonyl (C=S) groups is 1. The Morgan fingerprint density at radius 1 is 1.56 bits per heavy atom. The predicted octanol–water partition coefficient (Wildman–Crippen LogP) is 2.62. The number of nitrogens with one attached hydrogen (secondary N) is 2. The lowest BCUT2D eigenvalue weighted by Gasteiger charge is -2.19. The third-order valence-corrected chi connectivity index (χ3v) is 3.74. The Labute approximate surface area is 114 Å². The number of hydrogen-bond acceptors (Lipinski definition) is 2. The Kier molecular flexibility index (Phi) is 4.17. The van der Waals surface area contributed by atoms with Crippen molar-refractivity contribution in [3.8, 4) is 0 Å². The topological polar surface area (TPSA) is 37.0 Å². The zero-order chi connectivity index (χ0) is 13.0. The molecular formula is C14H21N3S. The second-order valence-electron chi connectivity index (χ2n) is 5.79. The van der Waals surface area contributed by atoms with Gasteiger partial charge in [0, 0.05) is 25.0 Å². The quantitative estimate of drug-likeness (QED) is 0.822. The van der Waals surface area contributed by atoms with E-state index in [1.165, 1.54) is 19.3 Å². The van der Waals surface area contributed by atoms with E-state index in [1.807, 2.05) is 18.3 Å². The van der Waals surface area contributed by atoms with Gasteiger partial charge in [-0.15, -0.1) is 0 Å². The van der Waals surface area contributed by atoms with Crippen LogP contribution in [0, 0.1) is 5.41 Å². The monoisotopic (exact) mass is 263 g/mol. The van der Waals surface area contributed by atoms with Crippen molar-refractivity contribution in [3.63, 3.8) is 0 Å². The summed E-state index contributed by atoms with van der Waals surface area (Å²) in [6.07, 6.45) is 7.31. The van der Waals surface area contributed by atoms with Crippen LogP contribution in [-0.2, 0) is 6.54 Å². The molecule has 1 aliphatic rings. The van der Waals surface area contributed by atoms with Gasteiger partial charge >= 0.3 is 0 Å². The zero-order valence-electron chi connectivity index (χ0n) is 11.1. The maximum absolute atomic E-state index is 5.32. The van der Waals surface area contributed by atoms with Crippen molar-refractivity contribution in [2.45, 2.75) is 45.7 Å². The molecule has 1 saturated carbocycles. The lowest BCUT2D eigenvalue weighted by Crippen LogP contribution is -2.40. The number of hydrogen-bond donors (Lipinski definition) is 2. The molecule has 0 saturated heterocycles. The molecule has 1 aromatic rings. The fraction of sp³-hybridized carbons (Fsp3) is 0.571. The van der Waals surface area contributed by atoms with Crippen molar-refractivity contribution in [2.24, 2.45) is 5.41 Å². The SMILES string of the molecule is CC1(C)CCC(NC(=S)NCc2cccnc2)C1. The predicted molar refractivity (Wildman–Crippen MR) is 78.2 cm³/mol. The summed E-state index contributed by atoms with van der Waals surface area (Å²) >= 11 is 5.32. The van der Waals surface area contributed by atoms with Gasteiger partial charge in [0.2, 0.25) is 0 Å². The third-order valence-electron chi connectivity index (χ3n) is 3.48. The summed E-state index contributed by atoms with van der Waals surface area (Å²) in [5.74, 6) is 0. The van der Waals surface area contributed by atoms with Gasteiger partial charge in [-0.05, 0) is 48.5 Å². The normalized spacial score (nSPS) is 21.6. The molecule has 4 heteroatoms. The summed E-state index contributed by atoms with van der Waals surface area (Å²) in [4.78, 5) is 4.08. The van der Waals surface area contributed by atoms with Crippen LogP contribution in [0.4, 0.5) is 0 Å². The molecule has 1 unspecified atom stereocenters. The molecule has 1 aromatic heterocycles. The summed E-state index contributed by atoms with van der Waals surface area (Å²) in [5, 5.41) is 7.39. The second kappa shape index (κ2) is 5.65. The molecule has 1 aliphatic carbocycles. The first-order chi connectivity index (χ1) is 8.55. The fourth-order valence-corrected chi connectivity index (χ4v) is 2.72. The van der Waals surface area contributed by atoms with Crippen LogP contribution in [0.15, 0.2) is 24.5 Å². The van der Waals surface area contributed by atoms with Crippen LogP contribution in [0.1, 0.15) is 38.7 Å². The molecular weight excluding hydrogens is 242 g/mol. The minimum absolute atomic E-state index is 0.455. The van der Waals surface area contributed by atoms with Gasteiger partial charge in [0.15, 0.2) is 5.11 Å². The van der Waals surface area contributed by atoms with Gasteiger partial charge in [-0.25, -0.2) is 0 Å². The molecule has 98 valence electrons. The summed E-state index contributed by atoms with van der Waals surface area (Å²) in [5.41, 5.74) is 1.60. The Morgan fingerprint density at radius 3 is 3.00 bits per heavy atom. The highest BCUT2D eigenvalue weighted by molar-refractivity contribution is 7.80. The van der Waals surface area contributed by atoms with E-state index < -0.39 is 0 Å². The minimum Gasteiger partial charge on any atom is -0.360 e. The van der Waals surface area contributed by atoms with Crippen molar-refractivity contribution in [1.82, 2.24) is 15.6 Å². The molecule has 0 bridgehead atoms. The van der Waals surface area contributed by atoms with Gasteiger partial charge in [0.05, 0.1) is 0 Å². The van der Waals surface area contributed by atoms with Gasteiger partial charge in [-0.2, -0.15) is 0 Å². The third kappa shape index (κ3) is 3.95. The molecule has 3 nitrogen and oxygen atoms in total. The lowest BCUT2D eigenvalue weighted by atomic mass is 9.92. The highest BCUT2D eigenvalue weighted by Crippen LogP contribution is 2.36. The van der Waals surface area contributed by atoms with Gasteiger partial charge in [0.25, 0.3) is 0 Å². The summed E-state index contributed by atoms with van der Waals surface area (Å²) in [6, 6.07) is 4.50. The standard InChI is InChI=1S/C14H21N3S/c1-14(2)6-5-12(8-14)17-13(18)16-10-11-4-3-7-15-9-11/h3-4,7,9,12H,5-6,8,10H2,1-2H3,(H2,16,17,18). The van der Waals surface area contributed by atoms with E-state index in [9.17, 15) is 0 Å². The van der Waals surface area contributed by atoms with Crippen molar-refractivity contribution in [2.75, 3.05) is 0 Å². The number of aromatic nitrogens is 1. The van der Waals surface area contributed by atoms with Crippen LogP contribution in [-0.4, -0.2) is 16.1 Å². The van der Waals surface area contributed by atoms with Crippen LogP contribution >= 0.6 is 12.2 Å². The van der Waals surface area contributed by atoms with Crippen LogP contribution < -0.4 is 10.6 Å². The molecule has 1 heterocycles. The zero-order valence-corrected chi connectivity index (χ0v) is 11.9. The molecule has 0 spiro atoms. The average Bonchev–Trinajstić information content (AvgIpc) is 2.67. The molecule has 0 radical (unpaired) electrons. The summed E-state index contributed by atoms with van der Waals surface area (Å²) < 4.78 is 0. The number of rotatable bonds is 3. The average molecular weight is 263 g/mol. The van der Waals surface area contributed by atoms with Crippen molar-refractivity contribution in [1.29, 1.82) is 0 Å². The van der Waals surface area contributed by atoms with E-state index in [4.69, 9.17) is 12.2 Å². The van der Waals surface area contributed by atoms with E-state index in [2.05, 4.69) is 29.5 Å². The number of nitrogens with zero attached hydrogens (tertiary/aromatic N) is 1. The van der Waals surface area contributed by atoms with Crippen molar-refractivity contribution in [3.05, 3.63) is 30.1 Å². The van der Waals surface area contributed by atoms with E-state index in [-0.39, 0.29) is 0 Å². The Balaban J connectivity index is 1.73. The molecule has 1 fully saturated rings. The van der Waals surface area contributed by atoms with Gasteiger partial charge in [-0.1, -0.05) is 19.9 Å². The molecule has 2 N–H and O–H groups in total. The second-order valence-corrected chi connectivity index (χ2v) is 6.20. The molecule has 0 amide bonds. The van der Waals surface area contributed by atoms with Crippen LogP contribution in [0.25, 0.3) is 0 Å². The molecule has 2 rings (SSSR count). The largest absolute Gasteiger partial charge is 0.360 e. The molecule has 0 aromatic carbocycles. The van der Waals surface area contributed by atoms with Crippen LogP contribution in [0.5, 0.6) is 0 Å². The minimum atomic E-state index is 0.455. The summed E-state index contributed by atoms with van der Waals surface area (Å²) in [6.45, 7) is 5.37. The first-order valence-corrected chi connectivity index (χ1v) is 6.89. The lowest BCUT2D eigenvalue weighted by molar-refractivity contribution is 0.372. The van der Waals surface area contributed by atoms with E-state index in [1.54, 1.807) is 6.20 Å². The van der Waals surface area contributed by atoms with Crippen LogP contribution in [0.3, 0.4) is 0 Å². The van der Waals surface area contributed by atoms with Gasteiger partial charge in [-0.3, -0.25) is 4.98 Å². The number of pyridine rings is 1. The highest BCUT2D eigenvalue weighted by atomic mass is 32.1. The Hall–Kier alpha value is -1.16. The van der Waals surface area contributed by atoms with Crippen LogP contribution in [0.2, 0.25) is 0 Å². The van der Waals surface area contributed by atoms with E-state index in [0.29, 0.717) is 11.5 Å². The maximum atomic E-state index is 5.32.